The minimum absolute atomic E-state index is 0.864. The van der Waals surface area contributed by atoms with Crippen LogP contribution in [0, 0.1) is 13.0 Å². The van der Waals surface area contributed by atoms with Crippen LogP contribution in [0.3, 0.4) is 0 Å². The van der Waals surface area contributed by atoms with Gasteiger partial charge < -0.3 is 9.80 Å². The molecule has 0 bridgehead atoms. The van der Waals surface area contributed by atoms with E-state index in [2.05, 4.69) is 16.8 Å². The molecule has 3 heteroatoms. The molecule has 0 aromatic carbocycles. The Morgan fingerprint density at radius 2 is 1.59 bits per heavy atom. The summed E-state index contributed by atoms with van der Waals surface area (Å²) in [6.45, 7) is 9.17. The van der Waals surface area contributed by atoms with Gasteiger partial charge in [-0.15, -0.1) is 0 Å². The van der Waals surface area contributed by atoms with E-state index < -0.39 is 0 Å². The fourth-order valence-electron chi connectivity index (χ4n) is 3.35. The molecule has 0 unspecified atom stereocenters. The average Bonchev–Trinajstić information content (AvgIpc) is 3.15. The van der Waals surface area contributed by atoms with Gasteiger partial charge in [-0.2, -0.15) is 7.05 Å². The first-order valence-electron chi connectivity index (χ1n) is 7.44. The zero-order chi connectivity index (χ0) is 11.7. The molecule has 1 N–H and O–H groups in total. The summed E-state index contributed by atoms with van der Waals surface area (Å²) in [5.41, 5.74) is 0. The van der Waals surface area contributed by atoms with Gasteiger partial charge in [-0.25, -0.2) is 0 Å². The Bertz CT molecular complexity index is 236. The fraction of sp³-hybridized carbons (Fsp3) is 0.929. The molecule has 0 spiro atoms. The predicted molar refractivity (Wildman–Crippen MR) is 69.8 cm³/mol. The number of hydrogen-bond donors (Lipinski definition) is 1. The zero-order valence-electron chi connectivity index (χ0n) is 11.0. The van der Waals surface area contributed by atoms with Crippen molar-refractivity contribution < 1.29 is 4.90 Å². The van der Waals surface area contributed by atoms with Gasteiger partial charge in [0.1, 0.15) is 0 Å². The number of piperidine rings is 1. The molecule has 0 aromatic rings. The summed E-state index contributed by atoms with van der Waals surface area (Å²) in [4.78, 5) is 6.92. The Balaban J connectivity index is 1.41. The molecular formula is C14H27N3. The Morgan fingerprint density at radius 1 is 0.941 bits per heavy atom. The van der Waals surface area contributed by atoms with Crippen LogP contribution < -0.4 is 4.90 Å². The molecule has 0 radical (unpaired) electrons. The van der Waals surface area contributed by atoms with Gasteiger partial charge >= 0.3 is 0 Å². The zero-order valence-corrected chi connectivity index (χ0v) is 11.0. The van der Waals surface area contributed by atoms with Crippen molar-refractivity contribution in [3.8, 4) is 0 Å². The summed E-state index contributed by atoms with van der Waals surface area (Å²) in [6, 6.07) is 0.864. The van der Waals surface area contributed by atoms with E-state index in [0.717, 1.165) is 12.0 Å². The third kappa shape index (κ3) is 3.21. The van der Waals surface area contributed by atoms with Crippen molar-refractivity contribution in [2.24, 2.45) is 5.92 Å². The third-order valence-electron chi connectivity index (χ3n) is 4.80. The quantitative estimate of drug-likeness (QED) is 0.685. The van der Waals surface area contributed by atoms with Crippen molar-refractivity contribution in [2.75, 3.05) is 45.8 Å². The molecule has 0 aromatic heterocycles. The summed E-state index contributed by atoms with van der Waals surface area (Å²) in [5.74, 6) is 1.06. The van der Waals surface area contributed by atoms with Gasteiger partial charge in [-0.3, -0.25) is 4.90 Å². The van der Waals surface area contributed by atoms with E-state index in [1.807, 2.05) is 0 Å². The van der Waals surface area contributed by atoms with Crippen LogP contribution in [0.2, 0.25) is 0 Å². The van der Waals surface area contributed by atoms with Crippen LogP contribution in [-0.4, -0.2) is 61.7 Å². The summed E-state index contributed by atoms with van der Waals surface area (Å²) >= 11 is 0. The van der Waals surface area contributed by atoms with Crippen molar-refractivity contribution in [3.63, 3.8) is 0 Å². The van der Waals surface area contributed by atoms with E-state index in [-0.39, 0.29) is 0 Å². The number of quaternary nitrogens is 1. The lowest BCUT2D eigenvalue weighted by Crippen LogP contribution is -3.08. The van der Waals surface area contributed by atoms with Gasteiger partial charge in [0.25, 0.3) is 0 Å². The van der Waals surface area contributed by atoms with Gasteiger partial charge in [0.2, 0.25) is 0 Å². The van der Waals surface area contributed by atoms with Gasteiger partial charge in [-0.1, -0.05) is 0 Å². The lowest BCUT2D eigenvalue weighted by atomic mass is 10.0. The number of piperazine rings is 1. The maximum atomic E-state index is 4.12. The molecule has 3 rings (SSSR count). The topological polar surface area (TPSA) is 10.9 Å². The second-order valence-corrected chi connectivity index (χ2v) is 6.26. The second-order valence-electron chi connectivity index (χ2n) is 6.26. The van der Waals surface area contributed by atoms with Crippen molar-refractivity contribution in [2.45, 2.75) is 31.7 Å². The molecule has 2 heterocycles. The van der Waals surface area contributed by atoms with Crippen LogP contribution in [-0.2, 0) is 0 Å². The highest BCUT2D eigenvalue weighted by atomic mass is 15.3. The van der Waals surface area contributed by atoms with Crippen LogP contribution >= 0.6 is 0 Å². The molecule has 3 fully saturated rings. The minimum Gasteiger partial charge on any atom is -0.468 e. The van der Waals surface area contributed by atoms with Crippen molar-refractivity contribution >= 4 is 0 Å². The van der Waals surface area contributed by atoms with Crippen molar-refractivity contribution in [1.82, 2.24) is 9.80 Å². The molecule has 2 saturated heterocycles. The molecule has 0 atom stereocenters. The summed E-state index contributed by atoms with van der Waals surface area (Å²) in [5, 5.41) is 0. The van der Waals surface area contributed by atoms with Crippen LogP contribution in [0.15, 0.2) is 0 Å². The first-order chi connectivity index (χ1) is 8.31. The lowest BCUT2D eigenvalue weighted by Gasteiger charge is -2.42. The average molecular weight is 237 g/mol. The SMILES string of the molecule is [CH2-][NH+]1CCC(N2CCN(CC3CC3)CC2)CC1. The normalized spacial score (nSPS) is 37.2. The highest BCUT2D eigenvalue weighted by Crippen LogP contribution is 2.30. The van der Waals surface area contributed by atoms with Crippen LogP contribution in [0.1, 0.15) is 25.7 Å². The van der Waals surface area contributed by atoms with Gasteiger partial charge in [-0.05, 0) is 18.8 Å². The molecule has 3 nitrogen and oxygen atoms in total. The largest absolute Gasteiger partial charge is 0.468 e. The van der Waals surface area contributed by atoms with E-state index >= 15 is 0 Å². The molecule has 2 aliphatic heterocycles. The maximum Gasteiger partial charge on any atom is 0.0545 e. The fourth-order valence-corrected chi connectivity index (χ4v) is 3.35. The van der Waals surface area contributed by atoms with Crippen LogP contribution in [0.5, 0.6) is 0 Å². The third-order valence-corrected chi connectivity index (χ3v) is 4.80. The summed E-state index contributed by atoms with van der Waals surface area (Å²) < 4.78 is 0. The van der Waals surface area contributed by atoms with E-state index in [4.69, 9.17) is 0 Å². The molecule has 0 amide bonds. The summed E-state index contributed by atoms with van der Waals surface area (Å²) in [6.07, 6.45) is 5.71. The van der Waals surface area contributed by atoms with E-state index in [1.165, 1.54) is 76.4 Å². The Hall–Kier alpha value is -0.120. The van der Waals surface area contributed by atoms with E-state index in [0.29, 0.717) is 0 Å². The van der Waals surface area contributed by atoms with Gasteiger partial charge in [0, 0.05) is 51.6 Å². The number of nitrogens with one attached hydrogen (secondary N) is 1. The molecule has 1 aliphatic carbocycles. The monoisotopic (exact) mass is 237 g/mol. The van der Waals surface area contributed by atoms with Gasteiger partial charge in [0.15, 0.2) is 0 Å². The predicted octanol–water partition coefficient (Wildman–Crippen LogP) is -0.147. The molecule has 17 heavy (non-hydrogen) atoms. The second kappa shape index (κ2) is 5.25. The Morgan fingerprint density at radius 3 is 2.18 bits per heavy atom. The first kappa shape index (κ1) is 11.9. The molecule has 3 aliphatic rings. The standard InChI is InChI=1S/C14H27N3/c1-15-6-4-14(5-7-15)17-10-8-16(9-11-17)12-13-2-3-13/h13-15H,1-12H2. The Labute approximate surface area is 106 Å². The molecule has 1 saturated carbocycles. The van der Waals surface area contributed by atoms with Crippen LogP contribution in [0.4, 0.5) is 0 Å². The maximum absolute atomic E-state index is 4.12. The number of nitrogens with zero attached hydrogens (tertiary/aromatic N) is 2. The van der Waals surface area contributed by atoms with Crippen molar-refractivity contribution in [1.29, 1.82) is 0 Å². The number of rotatable bonds is 3. The minimum atomic E-state index is 0.864. The number of hydrogen-bond acceptors (Lipinski definition) is 2. The summed E-state index contributed by atoms with van der Waals surface area (Å²) in [7, 11) is 4.12. The van der Waals surface area contributed by atoms with Crippen molar-refractivity contribution in [3.05, 3.63) is 7.05 Å². The highest BCUT2D eigenvalue weighted by molar-refractivity contribution is 4.83. The Kier molecular flexibility index (Phi) is 3.69. The van der Waals surface area contributed by atoms with E-state index in [1.54, 1.807) is 0 Å². The van der Waals surface area contributed by atoms with Crippen LogP contribution in [0.25, 0.3) is 0 Å². The number of likely N-dealkylation sites (tertiary alicyclic amines) is 1. The molecular weight excluding hydrogens is 210 g/mol. The molecule has 98 valence electrons. The van der Waals surface area contributed by atoms with E-state index in [9.17, 15) is 0 Å². The smallest absolute Gasteiger partial charge is 0.0545 e. The lowest BCUT2D eigenvalue weighted by molar-refractivity contribution is -0.859. The first-order valence-corrected chi connectivity index (χ1v) is 7.44. The van der Waals surface area contributed by atoms with Gasteiger partial charge in [0.05, 0.1) is 13.1 Å². The highest BCUT2D eigenvalue weighted by Gasteiger charge is 2.29.